The molecule has 0 saturated carbocycles. The molecule has 1 aromatic rings. The highest BCUT2D eigenvalue weighted by atomic mass is 31.2. The molecule has 0 aromatic heterocycles. The molecular weight excluding hydrogens is 529 g/mol. The lowest BCUT2D eigenvalue weighted by molar-refractivity contribution is -0.140. The van der Waals surface area contributed by atoms with E-state index < -0.39 is 37.7 Å². The molecular formula is C26H42N3O9P. The number of nitrogens with zero attached hydrogens (tertiary/aromatic N) is 1. The number of rotatable bonds is 19. The minimum Gasteiger partial charge on any atom is -0.481 e. The topological polar surface area (TPSA) is 183 Å². The Morgan fingerprint density at radius 1 is 0.923 bits per heavy atom. The van der Waals surface area contributed by atoms with Gasteiger partial charge in [-0.15, -0.1) is 0 Å². The van der Waals surface area contributed by atoms with Crippen LogP contribution >= 0.6 is 7.82 Å². The molecule has 0 fully saturated rings. The fraction of sp³-hybridized carbons (Fsp3) is 0.615. The summed E-state index contributed by atoms with van der Waals surface area (Å²) in [6.07, 6.45) is 5.01. The van der Waals surface area contributed by atoms with E-state index in [1.54, 1.807) is 4.90 Å². The van der Waals surface area contributed by atoms with Crippen molar-refractivity contribution in [1.29, 1.82) is 0 Å². The third kappa shape index (κ3) is 14.7. The van der Waals surface area contributed by atoms with Crippen molar-refractivity contribution in [1.82, 2.24) is 15.5 Å². The van der Waals surface area contributed by atoms with E-state index in [1.807, 2.05) is 0 Å². The van der Waals surface area contributed by atoms with Crippen molar-refractivity contribution in [2.75, 3.05) is 13.1 Å². The van der Waals surface area contributed by atoms with Crippen LogP contribution in [0.25, 0.3) is 0 Å². The fourth-order valence-corrected chi connectivity index (χ4v) is 4.37. The molecule has 1 aromatic carbocycles. The zero-order chi connectivity index (χ0) is 29.4. The molecule has 39 heavy (non-hydrogen) atoms. The van der Waals surface area contributed by atoms with E-state index in [2.05, 4.69) is 29.0 Å². The summed E-state index contributed by atoms with van der Waals surface area (Å²) in [5.74, 6) is -2.64. The molecule has 0 saturated heterocycles. The van der Waals surface area contributed by atoms with Gasteiger partial charge >= 0.3 is 13.8 Å². The number of phosphoric ester groups is 1. The quantitative estimate of drug-likeness (QED) is 0.123. The van der Waals surface area contributed by atoms with E-state index in [0.717, 1.165) is 38.5 Å². The molecule has 1 rings (SSSR count). The summed E-state index contributed by atoms with van der Waals surface area (Å²) in [5, 5.41) is 14.4. The highest BCUT2D eigenvalue weighted by Gasteiger charge is 2.29. The van der Waals surface area contributed by atoms with Crippen molar-refractivity contribution in [3.8, 4) is 5.75 Å². The molecule has 2 unspecified atom stereocenters. The van der Waals surface area contributed by atoms with Gasteiger partial charge < -0.3 is 25.2 Å². The lowest BCUT2D eigenvalue weighted by Crippen LogP contribution is -2.55. The van der Waals surface area contributed by atoms with E-state index >= 15 is 0 Å². The molecule has 220 valence electrons. The smallest absolute Gasteiger partial charge is 0.481 e. The number of carboxylic acid groups (broad SMARTS) is 1. The number of aliphatic carboxylic acids is 1. The minimum atomic E-state index is -4.73. The van der Waals surface area contributed by atoms with Crippen molar-refractivity contribution in [3.63, 3.8) is 0 Å². The highest BCUT2D eigenvalue weighted by Crippen LogP contribution is 2.37. The van der Waals surface area contributed by atoms with Crippen LogP contribution in [-0.4, -0.2) is 68.7 Å². The second-order valence-corrected chi connectivity index (χ2v) is 10.6. The monoisotopic (exact) mass is 571 g/mol. The fourth-order valence-electron chi connectivity index (χ4n) is 3.97. The van der Waals surface area contributed by atoms with E-state index in [-0.39, 0.29) is 30.9 Å². The van der Waals surface area contributed by atoms with E-state index in [9.17, 15) is 28.8 Å². The van der Waals surface area contributed by atoms with Crippen molar-refractivity contribution in [2.24, 2.45) is 0 Å². The van der Waals surface area contributed by atoms with Crippen LogP contribution in [0.15, 0.2) is 24.3 Å². The lowest BCUT2D eigenvalue weighted by Gasteiger charge is -2.29. The number of carboxylic acids is 1. The molecule has 0 aliphatic rings. The molecule has 0 aliphatic carbocycles. The first-order valence-corrected chi connectivity index (χ1v) is 14.8. The standard InChI is InChI=1S/C26H42N3O9P/c1-4-6-8-16-29(17-9-7-5-2)26(34)22(14-15-24(31)32)28-25(33)23(27-19(3)30)18-20-10-12-21(13-11-20)38-39(35,36)37/h10-13,22-23H,4-9,14-18H2,1-3H3,(H,27,30)(H,28,33)(H,31,32)(H2,35,36,37). The number of carbonyl (C=O) groups excluding carboxylic acids is 3. The molecule has 3 amide bonds. The minimum absolute atomic E-state index is 0.0121. The van der Waals surface area contributed by atoms with E-state index in [0.29, 0.717) is 18.7 Å². The first kappa shape index (κ1) is 34.1. The average molecular weight is 572 g/mol. The van der Waals surface area contributed by atoms with Crippen LogP contribution < -0.4 is 15.2 Å². The van der Waals surface area contributed by atoms with Gasteiger partial charge in [-0.2, -0.15) is 0 Å². The van der Waals surface area contributed by atoms with Gasteiger partial charge in [-0.05, 0) is 37.0 Å². The Hall–Kier alpha value is -2.95. The first-order valence-electron chi connectivity index (χ1n) is 13.3. The van der Waals surface area contributed by atoms with Gasteiger partial charge in [0.2, 0.25) is 17.7 Å². The Bertz CT molecular complexity index is 971. The Morgan fingerprint density at radius 2 is 1.49 bits per heavy atom. The summed E-state index contributed by atoms with van der Waals surface area (Å²) in [7, 11) is -4.73. The number of amides is 3. The van der Waals surface area contributed by atoms with Gasteiger partial charge in [0.1, 0.15) is 17.8 Å². The second-order valence-electron chi connectivity index (χ2n) is 9.42. The average Bonchev–Trinajstić information content (AvgIpc) is 2.84. The molecule has 13 heteroatoms. The number of hydrogen-bond acceptors (Lipinski definition) is 6. The van der Waals surface area contributed by atoms with Crippen molar-refractivity contribution in [2.45, 2.75) is 90.6 Å². The summed E-state index contributed by atoms with van der Waals surface area (Å²) in [4.78, 5) is 69.5. The van der Waals surface area contributed by atoms with Gasteiger partial charge in [0.25, 0.3) is 0 Å². The molecule has 0 spiro atoms. The Morgan fingerprint density at radius 3 is 1.95 bits per heavy atom. The molecule has 0 bridgehead atoms. The third-order valence-corrected chi connectivity index (χ3v) is 6.37. The summed E-state index contributed by atoms with van der Waals surface area (Å²) in [6, 6.07) is 3.46. The van der Waals surface area contributed by atoms with Crippen LogP contribution in [0.4, 0.5) is 0 Å². The van der Waals surface area contributed by atoms with E-state index in [4.69, 9.17) is 9.79 Å². The maximum Gasteiger partial charge on any atom is 0.524 e. The predicted octanol–water partition coefficient (Wildman–Crippen LogP) is 2.76. The van der Waals surface area contributed by atoms with Crippen molar-refractivity contribution >= 4 is 31.5 Å². The van der Waals surface area contributed by atoms with Gasteiger partial charge in [-0.25, -0.2) is 4.57 Å². The highest BCUT2D eigenvalue weighted by molar-refractivity contribution is 7.46. The molecule has 2 atom stereocenters. The molecule has 0 aliphatic heterocycles. The van der Waals surface area contributed by atoms with E-state index in [1.165, 1.54) is 31.2 Å². The lowest BCUT2D eigenvalue weighted by atomic mass is 10.0. The van der Waals surface area contributed by atoms with Crippen LogP contribution in [0.5, 0.6) is 5.75 Å². The Labute approximate surface area is 229 Å². The molecule has 5 N–H and O–H groups in total. The molecule has 0 radical (unpaired) electrons. The van der Waals surface area contributed by atoms with Crippen molar-refractivity contribution < 1.29 is 43.2 Å². The van der Waals surface area contributed by atoms with Crippen molar-refractivity contribution in [3.05, 3.63) is 29.8 Å². The summed E-state index contributed by atoms with van der Waals surface area (Å²) in [5.41, 5.74) is 0.552. The predicted molar refractivity (Wildman–Crippen MR) is 145 cm³/mol. The van der Waals surface area contributed by atoms with Crippen LogP contribution in [0.1, 0.15) is 77.7 Å². The van der Waals surface area contributed by atoms with Gasteiger partial charge in [-0.1, -0.05) is 51.7 Å². The Kier molecular flexibility index (Phi) is 15.4. The summed E-state index contributed by atoms with van der Waals surface area (Å²) in [6.45, 7) is 6.37. The Balaban J connectivity index is 3.10. The number of nitrogens with one attached hydrogen (secondary N) is 2. The normalized spacial score (nSPS) is 12.7. The first-order chi connectivity index (χ1) is 18.4. The molecule has 12 nitrogen and oxygen atoms in total. The van der Waals surface area contributed by atoms with Crippen LogP contribution in [0.2, 0.25) is 0 Å². The van der Waals surface area contributed by atoms with Crippen LogP contribution in [0, 0.1) is 0 Å². The zero-order valence-corrected chi connectivity index (χ0v) is 23.8. The third-order valence-electron chi connectivity index (χ3n) is 5.92. The van der Waals surface area contributed by atoms with Gasteiger partial charge in [0.15, 0.2) is 0 Å². The number of hydrogen-bond donors (Lipinski definition) is 5. The maximum atomic E-state index is 13.5. The van der Waals surface area contributed by atoms with Crippen LogP contribution in [0.3, 0.4) is 0 Å². The second kappa shape index (κ2) is 17.6. The van der Waals surface area contributed by atoms with Gasteiger partial charge in [0, 0.05) is 32.9 Å². The zero-order valence-electron chi connectivity index (χ0n) is 22.9. The van der Waals surface area contributed by atoms with Gasteiger partial charge in [0.05, 0.1) is 0 Å². The maximum absolute atomic E-state index is 13.5. The summed E-state index contributed by atoms with van der Waals surface area (Å²) < 4.78 is 15.5. The summed E-state index contributed by atoms with van der Waals surface area (Å²) >= 11 is 0. The number of carbonyl (C=O) groups is 4. The number of benzene rings is 1. The van der Waals surface area contributed by atoms with Crippen LogP contribution in [-0.2, 0) is 30.2 Å². The van der Waals surface area contributed by atoms with Gasteiger partial charge in [-0.3, -0.25) is 29.0 Å². The largest absolute Gasteiger partial charge is 0.524 e. The number of unbranched alkanes of at least 4 members (excludes halogenated alkanes) is 4. The SMILES string of the molecule is CCCCCN(CCCCC)C(=O)C(CCC(=O)O)NC(=O)C(Cc1ccc(OP(=O)(O)O)cc1)NC(C)=O. The molecule has 0 heterocycles. The number of phosphoric acid groups is 1.